The molecule has 2 rings (SSSR count). The molecule has 146 valence electrons. The first-order valence-electron chi connectivity index (χ1n) is 8.97. The first-order chi connectivity index (χ1) is 12.8. The highest BCUT2D eigenvalue weighted by molar-refractivity contribution is 5.98. The minimum atomic E-state index is -1.27. The fraction of sp³-hybridized carbons (Fsp3) is 0.474. The summed E-state index contributed by atoms with van der Waals surface area (Å²) >= 11 is 0. The Hall–Kier alpha value is -2.90. The summed E-state index contributed by atoms with van der Waals surface area (Å²) in [6.07, 6.45) is -1.22. The minimum absolute atomic E-state index is 0.0127. The number of hydrogen-bond donors (Lipinski definition) is 2. The number of rotatable bonds is 6. The lowest BCUT2D eigenvalue weighted by molar-refractivity contribution is -0.159. The molecule has 1 aromatic rings. The zero-order chi connectivity index (χ0) is 20.0. The van der Waals surface area contributed by atoms with Gasteiger partial charge in [0.1, 0.15) is 0 Å². The number of ether oxygens (including phenoxy) is 1. The summed E-state index contributed by atoms with van der Waals surface area (Å²) in [5, 5.41) is 4.62. The van der Waals surface area contributed by atoms with E-state index >= 15 is 0 Å². The molecule has 1 saturated heterocycles. The second-order valence-corrected chi connectivity index (χ2v) is 6.62. The van der Waals surface area contributed by atoms with Gasteiger partial charge >= 0.3 is 12.0 Å². The van der Waals surface area contributed by atoms with Crippen molar-refractivity contribution in [2.24, 2.45) is 5.92 Å². The van der Waals surface area contributed by atoms with Gasteiger partial charge in [-0.1, -0.05) is 30.3 Å². The van der Waals surface area contributed by atoms with Crippen LogP contribution in [0.25, 0.3) is 0 Å². The Labute approximate surface area is 158 Å². The van der Waals surface area contributed by atoms with Gasteiger partial charge in [0.05, 0.1) is 5.92 Å². The molecule has 0 spiro atoms. The van der Waals surface area contributed by atoms with Crippen molar-refractivity contribution in [2.45, 2.75) is 39.3 Å². The Morgan fingerprint density at radius 1 is 1.22 bits per heavy atom. The number of urea groups is 1. The highest BCUT2D eigenvalue weighted by atomic mass is 16.5. The van der Waals surface area contributed by atoms with Crippen molar-refractivity contribution in [3.8, 4) is 0 Å². The third-order valence-corrected chi connectivity index (χ3v) is 4.26. The number of nitrogens with zero attached hydrogens (tertiary/aromatic N) is 1. The molecule has 0 aromatic heterocycles. The Bertz CT molecular complexity index is 705. The quantitative estimate of drug-likeness (QED) is 0.731. The number of imide groups is 1. The van der Waals surface area contributed by atoms with Gasteiger partial charge in [-0.05, 0) is 20.8 Å². The lowest BCUT2D eigenvalue weighted by atomic mass is 10.1. The predicted octanol–water partition coefficient (Wildman–Crippen LogP) is 1.37. The van der Waals surface area contributed by atoms with E-state index < -0.39 is 29.9 Å². The van der Waals surface area contributed by atoms with Crippen LogP contribution in [-0.2, 0) is 19.1 Å². The Balaban J connectivity index is 2.12. The van der Waals surface area contributed by atoms with Crippen LogP contribution in [0.1, 0.15) is 38.9 Å². The zero-order valence-corrected chi connectivity index (χ0v) is 15.7. The van der Waals surface area contributed by atoms with Crippen LogP contribution >= 0.6 is 0 Å². The maximum atomic E-state index is 12.6. The van der Waals surface area contributed by atoms with Crippen molar-refractivity contribution in [2.75, 3.05) is 13.1 Å². The second-order valence-electron chi connectivity index (χ2n) is 6.62. The first-order valence-corrected chi connectivity index (χ1v) is 8.97. The lowest BCUT2D eigenvalue weighted by Crippen LogP contribution is -2.43. The number of carbonyl (C=O) groups is 4. The minimum Gasteiger partial charge on any atom is -0.447 e. The molecule has 2 unspecified atom stereocenters. The zero-order valence-electron chi connectivity index (χ0n) is 15.7. The van der Waals surface area contributed by atoms with E-state index in [2.05, 4.69) is 10.6 Å². The van der Waals surface area contributed by atoms with Crippen LogP contribution in [0, 0.1) is 5.92 Å². The number of nitrogens with one attached hydrogen (secondary N) is 2. The molecule has 0 saturated carbocycles. The Morgan fingerprint density at radius 2 is 1.89 bits per heavy atom. The maximum absolute atomic E-state index is 12.6. The third-order valence-electron chi connectivity index (χ3n) is 4.26. The van der Waals surface area contributed by atoms with E-state index in [-0.39, 0.29) is 24.9 Å². The second kappa shape index (κ2) is 9.16. The normalized spacial score (nSPS) is 17.6. The molecule has 1 aliphatic rings. The Morgan fingerprint density at radius 3 is 2.44 bits per heavy atom. The molecule has 1 aliphatic heterocycles. The van der Waals surface area contributed by atoms with Crippen molar-refractivity contribution in [1.29, 1.82) is 0 Å². The summed E-state index contributed by atoms with van der Waals surface area (Å²) in [5.74, 6) is -2.13. The van der Waals surface area contributed by atoms with Gasteiger partial charge in [0.15, 0.2) is 0 Å². The fourth-order valence-electron chi connectivity index (χ4n) is 2.88. The van der Waals surface area contributed by atoms with Gasteiger partial charge in [0.2, 0.25) is 12.0 Å². The average Bonchev–Trinajstić information content (AvgIpc) is 3.02. The number of carbonyl (C=O) groups excluding carboxylic acids is 4. The summed E-state index contributed by atoms with van der Waals surface area (Å²) < 4.78 is 5.43. The number of amides is 4. The van der Waals surface area contributed by atoms with Crippen LogP contribution in [0.4, 0.5) is 4.79 Å². The van der Waals surface area contributed by atoms with Crippen molar-refractivity contribution >= 4 is 23.8 Å². The van der Waals surface area contributed by atoms with Crippen molar-refractivity contribution in [3.63, 3.8) is 0 Å². The summed E-state index contributed by atoms with van der Waals surface area (Å²) in [6.45, 7) is 6.08. The molecule has 1 heterocycles. The molecule has 0 aliphatic carbocycles. The van der Waals surface area contributed by atoms with Crippen molar-refractivity contribution in [1.82, 2.24) is 15.5 Å². The molecule has 2 N–H and O–H groups in total. The first kappa shape index (κ1) is 20.4. The van der Waals surface area contributed by atoms with Gasteiger partial charge in [0, 0.05) is 31.1 Å². The van der Waals surface area contributed by atoms with E-state index in [0.717, 1.165) is 0 Å². The van der Waals surface area contributed by atoms with Gasteiger partial charge in [-0.3, -0.25) is 19.7 Å². The third kappa shape index (κ3) is 5.29. The smallest absolute Gasteiger partial charge is 0.321 e. The molecule has 0 radical (unpaired) electrons. The van der Waals surface area contributed by atoms with Crippen LogP contribution in [0.3, 0.4) is 0 Å². The maximum Gasteiger partial charge on any atom is 0.321 e. The average molecular weight is 375 g/mol. The standard InChI is InChI=1S/C19H25N3O5/c1-4-20-19(26)21-17(24)16(13-8-6-5-7-9-13)27-18(25)14-10-15(23)22(11-14)12(2)3/h5-9,12,14,16H,4,10-11H2,1-3H3,(H2,20,21,24,26). The molecule has 8 heteroatoms. The van der Waals surface area contributed by atoms with Crippen molar-refractivity contribution in [3.05, 3.63) is 35.9 Å². The summed E-state index contributed by atoms with van der Waals surface area (Å²) in [6, 6.07) is 7.76. The van der Waals surface area contributed by atoms with E-state index in [9.17, 15) is 19.2 Å². The van der Waals surface area contributed by atoms with E-state index in [1.165, 1.54) is 0 Å². The van der Waals surface area contributed by atoms with Crippen molar-refractivity contribution < 1.29 is 23.9 Å². The van der Waals surface area contributed by atoms with Gasteiger partial charge < -0.3 is 15.0 Å². The topological polar surface area (TPSA) is 105 Å². The highest BCUT2D eigenvalue weighted by Crippen LogP contribution is 2.25. The fourth-order valence-corrected chi connectivity index (χ4v) is 2.88. The molecule has 1 aromatic carbocycles. The van der Waals surface area contributed by atoms with Gasteiger partial charge in [-0.15, -0.1) is 0 Å². The number of hydrogen-bond acceptors (Lipinski definition) is 5. The summed E-state index contributed by atoms with van der Waals surface area (Å²) in [5.41, 5.74) is 0.442. The summed E-state index contributed by atoms with van der Waals surface area (Å²) in [4.78, 5) is 50.4. The summed E-state index contributed by atoms with van der Waals surface area (Å²) in [7, 11) is 0. The van der Waals surface area contributed by atoms with E-state index in [1.54, 1.807) is 42.2 Å². The molecule has 4 amide bonds. The van der Waals surface area contributed by atoms with Gasteiger partial charge in [-0.2, -0.15) is 0 Å². The van der Waals surface area contributed by atoms with Gasteiger partial charge in [0.25, 0.3) is 5.91 Å². The van der Waals surface area contributed by atoms with E-state index in [0.29, 0.717) is 12.1 Å². The van der Waals surface area contributed by atoms with Gasteiger partial charge in [-0.25, -0.2) is 4.79 Å². The molecule has 2 atom stereocenters. The molecular formula is C19H25N3O5. The number of benzene rings is 1. The Kier molecular flexibility index (Phi) is 6.92. The van der Waals surface area contributed by atoms with Crippen LogP contribution in [-0.4, -0.2) is 47.8 Å². The molecular weight excluding hydrogens is 350 g/mol. The van der Waals surface area contributed by atoms with Crippen LogP contribution < -0.4 is 10.6 Å². The number of likely N-dealkylation sites (tertiary alicyclic amines) is 1. The lowest BCUT2D eigenvalue weighted by Gasteiger charge is -2.22. The number of esters is 1. The molecule has 8 nitrogen and oxygen atoms in total. The molecule has 1 fully saturated rings. The van der Waals surface area contributed by atoms with Crippen LogP contribution in [0.15, 0.2) is 30.3 Å². The largest absolute Gasteiger partial charge is 0.447 e. The molecule has 27 heavy (non-hydrogen) atoms. The van der Waals surface area contributed by atoms with Crippen LogP contribution in [0.2, 0.25) is 0 Å². The van der Waals surface area contributed by atoms with E-state index in [4.69, 9.17) is 4.74 Å². The highest BCUT2D eigenvalue weighted by Gasteiger charge is 2.38. The monoisotopic (exact) mass is 375 g/mol. The SMILES string of the molecule is CCNC(=O)NC(=O)C(OC(=O)C1CC(=O)N(C(C)C)C1)c1ccccc1. The predicted molar refractivity (Wildman–Crippen MR) is 97.4 cm³/mol. The van der Waals surface area contributed by atoms with E-state index in [1.807, 2.05) is 13.8 Å². The molecule has 0 bridgehead atoms. The van der Waals surface area contributed by atoms with Crippen LogP contribution in [0.5, 0.6) is 0 Å².